The van der Waals surface area contributed by atoms with Gasteiger partial charge in [0.15, 0.2) is 11.6 Å². The summed E-state index contributed by atoms with van der Waals surface area (Å²) in [6.07, 6.45) is 2.37. The number of hydrogen-bond donors (Lipinski definition) is 2. The summed E-state index contributed by atoms with van der Waals surface area (Å²) in [4.78, 5) is 12.9. The zero-order valence-corrected chi connectivity index (χ0v) is 10.2. The highest BCUT2D eigenvalue weighted by atomic mass is 15.2. The molecule has 0 aliphatic carbocycles. The number of H-pyrrole nitrogens is 1. The van der Waals surface area contributed by atoms with Crippen LogP contribution in [0.25, 0.3) is 11.6 Å². The summed E-state index contributed by atoms with van der Waals surface area (Å²) >= 11 is 0. The predicted octanol–water partition coefficient (Wildman–Crippen LogP) is 1.50. The molecule has 2 aromatic heterocycles. The van der Waals surface area contributed by atoms with E-state index in [9.17, 15) is 0 Å². The summed E-state index contributed by atoms with van der Waals surface area (Å²) in [7, 11) is 1.84. The molecule has 2 heterocycles. The summed E-state index contributed by atoms with van der Waals surface area (Å²) in [5.41, 5.74) is 1.01. The Labute approximate surface area is 99.9 Å². The van der Waals surface area contributed by atoms with E-state index < -0.39 is 0 Å². The van der Waals surface area contributed by atoms with Gasteiger partial charge in [0, 0.05) is 18.8 Å². The van der Waals surface area contributed by atoms with Crippen molar-refractivity contribution in [1.82, 2.24) is 25.1 Å². The average Bonchev–Trinajstić information content (AvgIpc) is 2.81. The van der Waals surface area contributed by atoms with Gasteiger partial charge in [0.05, 0.1) is 0 Å². The Hall–Kier alpha value is -1.98. The molecule has 2 N–H and O–H groups in total. The minimum atomic E-state index is 0.553. The molecule has 6 nitrogen and oxygen atoms in total. The molecule has 6 heteroatoms. The first kappa shape index (κ1) is 11.5. The molecule has 0 atom stereocenters. The van der Waals surface area contributed by atoms with Crippen LogP contribution in [0.2, 0.25) is 0 Å². The van der Waals surface area contributed by atoms with Crippen LogP contribution in [0.1, 0.15) is 19.5 Å². The average molecular weight is 232 g/mol. The lowest BCUT2D eigenvalue weighted by Gasteiger charge is -2.08. The van der Waals surface area contributed by atoms with Crippen molar-refractivity contribution in [2.45, 2.75) is 20.3 Å². The van der Waals surface area contributed by atoms with Crippen molar-refractivity contribution >= 4 is 5.82 Å². The van der Waals surface area contributed by atoms with E-state index in [2.05, 4.69) is 44.3 Å². The van der Waals surface area contributed by atoms with Gasteiger partial charge < -0.3 is 5.32 Å². The number of hydrogen-bond acceptors (Lipinski definition) is 5. The summed E-state index contributed by atoms with van der Waals surface area (Å²) < 4.78 is 0. The van der Waals surface area contributed by atoms with Crippen LogP contribution in [0.3, 0.4) is 0 Å². The Kier molecular flexibility index (Phi) is 3.32. The van der Waals surface area contributed by atoms with Crippen molar-refractivity contribution in [3.8, 4) is 11.6 Å². The van der Waals surface area contributed by atoms with Gasteiger partial charge in [-0.1, -0.05) is 13.8 Å². The summed E-state index contributed by atoms with van der Waals surface area (Å²) in [5, 5.41) is 9.61. The van der Waals surface area contributed by atoms with Crippen molar-refractivity contribution in [3.63, 3.8) is 0 Å². The molecule has 0 bridgehead atoms. The maximum Gasteiger partial charge on any atom is 0.199 e. The quantitative estimate of drug-likeness (QED) is 0.835. The molecular formula is C11H16N6. The molecule has 0 fully saturated rings. The normalized spacial score (nSPS) is 10.8. The van der Waals surface area contributed by atoms with Crippen molar-refractivity contribution < 1.29 is 0 Å². The summed E-state index contributed by atoms with van der Waals surface area (Å²) in [6.45, 7) is 4.32. The Bertz CT molecular complexity index is 477. The largest absolute Gasteiger partial charge is 0.373 e. The maximum atomic E-state index is 4.48. The van der Waals surface area contributed by atoms with Gasteiger partial charge in [-0.05, 0) is 12.3 Å². The lowest BCUT2D eigenvalue weighted by atomic mass is 10.1. The van der Waals surface area contributed by atoms with Crippen molar-refractivity contribution in [3.05, 3.63) is 18.1 Å². The third kappa shape index (κ3) is 2.77. The monoisotopic (exact) mass is 232 g/mol. The van der Waals surface area contributed by atoms with E-state index in [4.69, 9.17) is 0 Å². The van der Waals surface area contributed by atoms with E-state index in [1.807, 2.05) is 13.1 Å². The Morgan fingerprint density at radius 3 is 2.76 bits per heavy atom. The highest BCUT2D eigenvalue weighted by Crippen LogP contribution is 2.15. The molecule has 2 rings (SSSR count). The van der Waals surface area contributed by atoms with Crippen LogP contribution in [-0.2, 0) is 6.42 Å². The molecule has 0 amide bonds. The van der Waals surface area contributed by atoms with Gasteiger partial charge in [-0.3, -0.25) is 5.10 Å². The van der Waals surface area contributed by atoms with Gasteiger partial charge in [-0.25, -0.2) is 15.0 Å². The van der Waals surface area contributed by atoms with E-state index in [-0.39, 0.29) is 0 Å². The SMILES string of the molecule is CNc1cc(CC(C)C)nc(-c2ncn[nH]2)n1. The molecule has 0 saturated carbocycles. The van der Waals surface area contributed by atoms with Gasteiger partial charge in [0.25, 0.3) is 0 Å². The number of anilines is 1. The van der Waals surface area contributed by atoms with E-state index in [0.717, 1.165) is 17.9 Å². The first-order chi connectivity index (χ1) is 8.19. The first-order valence-corrected chi connectivity index (χ1v) is 5.60. The zero-order valence-electron chi connectivity index (χ0n) is 10.2. The van der Waals surface area contributed by atoms with E-state index >= 15 is 0 Å². The maximum absolute atomic E-state index is 4.48. The molecule has 0 saturated heterocycles. The molecule has 2 aromatic rings. The van der Waals surface area contributed by atoms with Crippen LogP contribution in [0, 0.1) is 5.92 Å². The second-order valence-corrected chi connectivity index (χ2v) is 4.25. The molecule has 0 spiro atoms. The Balaban J connectivity index is 2.38. The molecule has 0 unspecified atom stereocenters. The minimum Gasteiger partial charge on any atom is -0.373 e. The van der Waals surface area contributed by atoms with Crippen LogP contribution in [0.5, 0.6) is 0 Å². The topological polar surface area (TPSA) is 79.4 Å². The van der Waals surface area contributed by atoms with Crippen LogP contribution in [0.4, 0.5) is 5.82 Å². The van der Waals surface area contributed by atoms with Gasteiger partial charge in [-0.15, -0.1) is 0 Å². The lowest BCUT2D eigenvalue weighted by Crippen LogP contribution is -2.04. The molecule has 17 heavy (non-hydrogen) atoms. The van der Waals surface area contributed by atoms with E-state index in [0.29, 0.717) is 17.6 Å². The molecular weight excluding hydrogens is 216 g/mol. The highest BCUT2D eigenvalue weighted by molar-refractivity contribution is 5.48. The minimum absolute atomic E-state index is 0.553. The second kappa shape index (κ2) is 4.90. The third-order valence-electron chi connectivity index (χ3n) is 2.28. The number of nitrogens with one attached hydrogen (secondary N) is 2. The Morgan fingerprint density at radius 2 is 2.18 bits per heavy atom. The smallest absolute Gasteiger partial charge is 0.199 e. The number of nitrogens with zero attached hydrogens (tertiary/aromatic N) is 4. The molecule has 0 aromatic carbocycles. The van der Waals surface area contributed by atoms with Crippen LogP contribution in [-0.4, -0.2) is 32.2 Å². The van der Waals surface area contributed by atoms with Gasteiger partial charge in [0.2, 0.25) is 0 Å². The highest BCUT2D eigenvalue weighted by Gasteiger charge is 2.09. The van der Waals surface area contributed by atoms with Crippen molar-refractivity contribution in [1.29, 1.82) is 0 Å². The number of aromatic nitrogens is 5. The molecule has 0 aliphatic heterocycles. The van der Waals surface area contributed by atoms with E-state index in [1.54, 1.807) is 0 Å². The summed E-state index contributed by atoms with van der Waals surface area (Å²) in [5.74, 6) is 2.51. The molecule has 0 aliphatic rings. The Morgan fingerprint density at radius 1 is 1.35 bits per heavy atom. The fraction of sp³-hybridized carbons (Fsp3) is 0.455. The van der Waals surface area contributed by atoms with Crippen LogP contribution >= 0.6 is 0 Å². The second-order valence-electron chi connectivity index (χ2n) is 4.25. The van der Waals surface area contributed by atoms with Crippen molar-refractivity contribution in [2.75, 3.05) is 12.4 Å². The van der Waals surface area contributed by atoms with Gasteiger partial charge >= 0.3 is 0 Å². The van der Waals surface area contributed by atoms with Crippen LogP contribution < -0.4 is 5.32 Å². The third-order valence-corrected chi connectivity index (χ3v) is 2.28. The number of rotatable bonds is 4. The molecule has 0 radical (unpaired) electrons. The van der Waals surface area contributed by atoms with Crippen LogP contribution in [0.15, 0.2) is 12.4 Å². The van der Waals surface area contributed by atoms with Gasteiger partial charge in [-0.2, -0.15) is 5.10 Å². The lowest BCUT2D eigenvalue weighted by molar-refractivity contribution is 0.634. The zero-order chi connectivity index (χ0) is 12.3. The van der Waals surface area contributed by atoms with E-state index in [1.165, 1.54) is 6.33 Å². The summed E-state index contributed by atoms with van der Waals surface area (Å²) in [6, 6.07) is 1.96. The van der Waals surface area contributed by atoms with Gasteiger partial charge in [0.1, 0.15) is 12.1 Å². The molecule has 90 valence electrons. The number of aromatic amines is 1. The predicted molar refractivity (Wildman–Crippen MR) is 65.5 cm³/mol. The standard InChI is InChI=1S/C11H16N6/c1-7(2)4-8-5-9(12-3)16-11(15-8)10-13-6-14-17-10/h5-7H,4H2,1-3H3,(H,12,15,16)(H,13,14,17). The fourth-order valence-corrected chi connectivity index (χ4v) is 1.57. The van der Waals surface area contributed by atoms with Crippen molar-refractivity contribution in [2.24, 2.45) is 5.92 Å². The first-order valence-electron chi connectivity index (χ1n) is 5.60. The fourth-order valence-electron chi connectivity index (χ4n) is 1.57.